The highest BCUT2D eigenvalue weighted by Gasteiger charge is 2.20. The van der Waals surface area contributed by atoms with E-state index >= 15 is 0 Å². The summed E-state index contributed by atoms with van der Waals surface area (Å²) in [5.74, 6) is -4.94. The Morgan fingerprint density at radius 2 is 1.70 bits per heavy atom. The molecule has 0 aliphatic rings. The first kappa shape index (κ1) is 26.9. The molecule has 2 heterocycles. The molecule has 0 atom stereocenters. The van der Waals surface area contributed by atoms with Crippen LogP contribution in [0.15, 0.2) is 81.7 Å². The van der Waals surface area contributed by atoms with E-state index in [0.29, 0.717) is 27.5 Å². The van der Waals surface area contributed by atoms with Gasteiger partial charge in [0.05, 0.1) is 31.1 Å². The van der Waals surface area contributed by atoms with E-state index in [4.69, 9.17) is 4.74 Å². The SMILES string of the molecule is COC(=O)c1ccc(-c2cccc3cncc(-n4c(=O)nc(SC)n(Cc5cc(F)c(F)c(F)c5)c4=O)c23)cc1. The molecule has 0 bridgehead atoms. The fourth-order valence-electron chi connectivity index (χ4n) is 4.39. The van der Waals surface area contributed by atoms with Gasteiger partial charge in [-0.15, -0.1) is 0 Å². The fraction of sp³-hybridized carbons (Fsp3) is 0.107. The number of rotatable bonds is 6. The van der Waals surface area contributed by atoms with Gasteiger partial charge in [-0.1, -0.05) is 42.1 Å². The van der Waals surface area contributed by atoms with Crippen LogP contribution in [0.4, 0.5) is 13.2 Å². The van der Waals surface area contributed by atoms with Gasteiger partial charge in [0.15, 0.2) is 22.6 Å². The molecule has 5 aromatic rings. The summed E-state index contributed by atoms with van der Waals surface area (Å²) in [6.07, 6.45) is 4.51. The summed E-state index contributed by atoms with van der Waals surface area (Å²) in [7, 11) is 1.28. The van der Waals surface area contributed by atoms with Crippen LogP contribution in [0.1, 0.15) is 15.9 Å². The van der Waals surface area contributed by atoms with Crippen LogP contribution in [-0.2, 0) is 11.3 Å². The number of carbonyl (C=O) groups is 1. The van der Waals surface area contributed by atoms with Gasteiger partial charge in [-0.2, -0.15) is 4.98 Å². The van der Waals surface area contributed by atoms with Gasteiger partial charge in [-0.05, 0) is 47.2 Å². The zero-order valence-corrected chi connectivity index (χ0v) is 21.8. The van der Waals surface area contributed by atoms with E-state index < -0.39 is 34.8 Å². The second-order valence-corrected chi connectivity index (χ2v) is 9.36. The van der Waals surface area contributed by atoms with Gasteiger partial charge in [0, 0.05) is 17.0 Å². The maximum Gasteiger partial charge on any atom is 0.358 e. The van der Waals surface area contributed by atoms with Crippen molar-refractivity contribution in [1.29, 1.82) is 0 Å². The minimum Gasteiger partial charge on any atom is -0.465 e. The van der Waals surface area contributed by atoms with Gasteiger partial charge in [0.25, 0.3) is 0 Å². The highest BCUT2D eigenvalue weighted by Crippen LogP contribution is 2.32. The zero-order chi connectivity index (χ0) is 28.6. The van der Waals surface area contributed by atoms with E-state index in [1.807, 2.05) is 0 Å². The lowest BCUT2D eigenvalue weighted by Crippen LogP contribution is -2.41. The Labute approximate surface area is 228 Å². The first-order valence-corrected chi connectivity index (χ1v) is 12.9. The molecule has 0 spiro atoms. The molecular formula is C28H19F3N4O4S. The Hall–Kier alpha value is -4.71. The standard InChI is InChI=1S/C28H19F3N4O4S/c1-39-25(36)17-8-6-16(7-9-17)19-5-3-4-18-12-32-13-22(23(18)19)35-26(37)33-27(40-2)34(28(35)38)14-15-10-20(29)24(31)21(30)11-15/h3-13H,14H2,1-2H3. The van der Waals surface area contributed by atoms with Crippen LogP contribution in [0.25, 0.3) is 27.6 Å². The molecule has 0 aliphatic heterocycles. The third-order valence-corrected chi connectivity index (χ3v) is 6.90. The van der Waals surface area contributed by atoms with Gasteiger partial charge in [0.1, 0.15) is 0 Å². The molecule has 0 radical (unpaired) electrons. The van der Waals surface area contributed by atoms with Crippen molar-refractivity contribution in [3.8, 4) is 16.8 Å². The Morgan fingerprint density at radius 3 is 2.35 bits per heavy atom. The molecule has 0 saturated heterocycles. The summed E-state index contributed by atoms with van der Waals surface area (Å²) in [5.41, 5.74) is 0.0457. The third-order valence-electron chi connectivity index (χ3n) is 6.22. The molecular weight excluding hydrogens is 545 g/mol. The normalized spacial score (nSPS) is 11.1. The first-order chi connectivity index (χ1) is 19.2. The van der Waals surface area contributed by atoms with E-state index in [1.54, 1.807) is 54.9 Å². The van der Waals surface area contributed by atoms with Crippen molar-refractivity contribution in [1.82, 2.24) is 19.1 Å². The number of carbonyl (C=O) groups excluding carboxylic acids is 1. The van der Waals surface area contributed by atoms with Crippen LogP contribution in [-0.4, -0.2) is 38.4 Å². The summed E-state index contributed by atoms with van der Waals surface area (Å²) in [6.45, 7) is -0.379. The van der Waals surface area contributed by atoms with Gasteiger partial charge >= 0.3 is 17.3 Å². The third kappa shape index (κ3) is 4.77. The maximum absolute atomic E-state index is 13.9. The molecule has 0 aliphatic carbocycles. The number of benzene rings is 3. The Balaban J connectivity index is 1.73. The summed E-state index contributed by atoms with van der Waals surface area (Å²) < 4.78 is 48.0. The highest BCUT2D eigenvalue weighted by atomic mass is 32.2. The van der Waals surface area contributed by atoms with E-state index in [1.165, 1.54) is 13.3 Å². The molecule has 8 nitrogen and oxygen atoms in total. The maximum atomic E-state index is 13.9. The molecule has 12 heteroatoms. The summed E-state index contributed by atoms with van der Waals surface area (Å²) in [5, 5.41) is 1.12. The highest BCUT2D eigenvalue weighted by molar-refractivity contribution is 7.98. The van der Waals surface area contributed by atoms with Crippen LogP contribution >= 0.6 is 11.8 Å². The largest absolute Gasteiger partial charge is 0.465 e. The Bertz CT molecular complexity index is 1880. The van der Waals surface area contributed by atoms with E-state index in [9.17, 15) is 27.6 Å². The zero-order valence-electron chi connectivity index (χ0n) is 21.0. The summed E-state index contributed by atoms with van der Waals surface area (Å²) in [4.78, 5) is 47.1. The quantitative estimate of drug-likeness (QED) is 0.169. The summed E-state index contributed by atoms with van der Waals surface area (Å²) >= 11 is 0.991. The van der Waals surface area contributed by atoms with Crippen molar-refractivity contribution in [2.24, 2.45) is 0 Å². The number of pyridine rings is 1. The monoisotopic (exact) mass is 564 g/mol. The number of esters is 1. The number of hydrogen-bond acceptors (Lipinski definition) is 7. The number of thioether (sulfide) groups is 1. The number of fused-ring (bicyclic) bond motifs is 1. The summed E-state index contributed by atoms with van der Waals surface area (Å²) in [6, 6.07) is 13.5. The molecule has 202 valence electrons. The molecule has 40 heavy (non-hydrogen) atoms. The smallest absolute Gasteiger partial charge is 0.358 e. The van der Waals surface area contributed by atoms with Crippen molar-refractivity contribution >= 4 is 28.5 Å². The van der Waals surface area contributed by atoms with Crippen LogP contribution in [0.2, 0.25) is 0 Å². The number of aromatic nitrogens is 4. The lowest BCUT2D eigenvalue weighted by molar-refractivity contribution is 0.0600. The molecule has 3 aromatic carbocycles. The van der Waals surface area contributed by atoms with Crippen LogP contribution in [0, 0.1) is 17.5 Å². The van der Waals surface area contributed by atoms with Crippen molar-refractivity contribution in [2.75, 3.05) is 13.4 Å². The molecule has 2 aromatic heterocycles. The van der Waals surface area contributed by atoms with Gasteiger partial charge in [-0.25, -0.2) is 32.1 Å². The van der Waals surface area contributed by atoms with E-state index in [0.717, 1.165) is 33.0 Å². The lowest BCUT2D eigenvalue weighted by Gasteiger charge is -2.16. The Kier molecular flexibility index (Phi) is 7.26. The number of halogens is 3. The number of methoxy groups -OCH3 is 1. The van der Waals surface area contributed by atoms with Crippen molar-refractivity contribution in [2.45, 2.75) is 11.7 Å². The van der Waals surface area contributed by atoms with Gasteiger partial charge in [0.2, 0.25) is 0 Å². The number of hydrogen-bond donors (Lipinski definition) is 0. The predicted octanol–water partition coefficient (Wildman–Crippen LogP) is 4.58. The lowest BCUT2D eigenvalue weighted by atomic mass is 9.97. The number of nitrogens with zero attached hydrogens (tertiary/aromatic N) is 4. The molecule has 5 rings (SSSR count). The average Bonchev–Trinajstić information content (AvgIpc) is 2.96. The van der Waals surface area contributed by atoms with Crippen LogP contribution < -0.4 is 11.4 Å². The van der Waals surface area contributed by atoms with Crippen molar-refractivity contribution in [3.63, 3.8) is 0 Å². The second kappa shape index (κ2) is 10.8. The van der Waals surface area contributed by atoms with Crippen molar-refractivity contribution < 1.29 is 22.7 Å². The van der Waals surface area contributed by atoms with Gasteiger partial charge < -0.3 is 4.74 Å². The number of ether oxygens (including phenoxy) is 1. The molecule has 0 amide bonds. The molecule has 0 saturated carbocycles. The van der Waals surface area contributed by atoms with Gasteiger partial charge in [-0.3, -0.25) is 9.55 Å². The minimum atomic E-state index is -1.63. The molecule has 0 N–H and O–H groups in total. The predicted molar refractivity (Wildman–Crippen MR) is 143 cm³/mol. The average molecular weight is 565 g/mol. The van der Waals surface area contributed by atoms with E-state index in [-0.39, 0.29) is 23.0 Å². The minimum absolute atomic E-state index is 0.00297. The fourth-order valence-corrected chi connectivity index (χ4v) is 4.92. The Morgan fingerprint density at radius 1 is 1.00 bits per heavy atom. The van der Waals surface area contributed by atoms with Crippen LogP contribution in [0.3, 0.4) is 0 Å². The second-order valence-electron chi connectivity index (χ2n) is 8.59. The molecule has 0 fully saturated rings. The first-order valence-electron chi connectivity index (χ1n) is 11.7. The van der Waals surface area contributed by atoms with E-state index in [2.05, 4.69) is 9.97 Å². The van der Waals surface area contributed by atoms with Crippen molar-refractivity contribution in [3.05, 3.63) is 117 Å². The topological polar surface area (TPSA) is 96.1 Å². The molecule has 0 unspecified atom stereocenters. The van der Waals surface area contributed by atoms with Crippen LogP contribution in [0.5, 0.6) is 0 Å².